The van der Waals surface area contributed by atoms with Crippen LogP contribution in [0.5, 0.6) is 5.75 Å². The average molecular weight is 363 g/mol. The molecule has 0 heterocycles. The molecule has 0 bridgehead atoms. The Morgan fingerprint density at radius 2 is 1.60 bits per heavy atom. The number of carbonyl (C=O) groups excluding carboxylic acids is 1. The van der Waals surface area contributed by atoms with Gasteiger partial charge < -0.3 is 9.47 Å². The van der Waals surface area contributed by atoms with Crippen molar-refractivity contribution in [3.05, 3.63) is 54.1 Å². The van der Waals surface area contributed by atoms with E-state index in [0.717, 1.165) is 0 Å². The Balaban J connectivity index is 2.33. The summed E-state index contributed by atoms with van der Waals surface area (Å²) in [5.74, 6) is 0.149. The van der Waals surface area contributed by atoms with Crippen LogP contribution < -0.4 is 9.04 Å². The highest BCUT2D eigenvalue weighted by atomic mass is 32.2. The molecule has 0 saturated carbocycles. The number of nitrogens with zero attached hydrogens (tertiary/aromatic N) is 1. The van der Waals surface area contributed by atoms with Crippen LogP contribution in [0.15, 0.2) is 53.4 Å². The smallest absolute Gasteiger partial charge is 0.337 e. The Morgan fingerprint density at radius 3 is 2.08 bits per heavy atom. The number of anilines is 1. The first kappa shape index (κ1) is 18.8. The molecule has 0 N–H and O–H groups in total. The minimum Gasteiger partial charge on any atom is -0.494 e. The first-order valence-electron chi connectivity index (χ1n) is 7.88. The Kier molecular flexibility index (Phi) is 6.03. The van der Waals surface area contributed by atoms with Gasteiger partial charge in [0.2, 0.25) is 0 Å². The van der Waals surface area contributed by atoms with Crippen molar-refractivity contribution >= 4 is 21.7 Å². The fourth-order valence-corrected chi connectivity index (χ4v) is 3.85. The molecule has 6 nitrogen and oxygen atoms in total. The summed E-state index contributed by atoms with van der Waals surface area (Å²) in [5, 5.41) is 0. The van der Waals surface area contributed by atoms with E-state index < -0.39 is 16.0 Å². The topological polar surface area (TPSA) is 72.9 Å². The van der Waals surface area contributed by atoms with Crippen LogP contribution in [0.25, 0.3) is 0 Å². The van der Waals surface area contributed by atoms with Gasteiger partial charge >= 0.3 is 5.97 Å². The minimum absolute atomic E-state index is 0.176. The second kappa shape index (κ2) is 8.02. The highest BCUT2D eigenvalue weighted by Crippen LogP contribution is 2.25. The Bertz CT molecular complexity index is 814. The van der Waals surface area contributed by atoms with Gasteiger partial charge in [-0.05, 0) is 62.4 Å². The van der Waals surface area contributed by atoms with Crippen molar-refractivity contribution in [1.82, 2.24) is 0 Å². The van der Waals surface area contributed by atoms with E-state index in [1.54, 1.807) is 31.2 Å². The largest absolute Gasteiger partial charge is 0.494 e. The minimum atomic E-state index is -3.71. The number of esters is 1. The summed E-state index contributed by atoms with van der Waals surface area (Å²) in [7, 11) is -2.42. The van der Waals surface area contributed by atoms with Gasteiger partial charge in [0.05, 0.1) is 29.9 Å². The van der Waals surface area contributed by atoms with Crippen LogP contribution >= 0.6 is 0 Å². The number of methoxy groups -OCH3 is 1. The van der Waals surface area contributed by atoms with E-state index in [1.165, 1.54) is 35.7 Å². The van der Waals surface area contributed by atoms with Gasteiger partial charge in [-0.2, -0.15) is 0 Å². The van der Waals surface area contributed by atoms with Gasteiger partial charge in [-0.15, -0.1) is 0 Å². The van der Waals surface area contributed by atoms with Crippen molar-refractivity contribution in [2.75, 3.05) is 24.6 Å². The summed E-state index contributed by atoms with van der Waals surface area (Å²) < 4.78 is 37.1. The molecule has 7 heteroatoms. The van der Waals surface area contributed by atoms with Crippen molar-refractivity contribution in [3.8, 4) is 5.75 Å². The molecule has 0 aromatic heterocycles. The van der Waals surface area contributed by atoms with Crippen molar-refractivity contribution in [2.45, 2.75) is 18.7 Å². The third-order valence-electron chi connectivity index (χ3n) is 3.59. The summed E-state index contributed by atoms with van der Waals surface area (Å²) in [6.07, 6.45) is 0. The van der Waals surface area contributed by atoms with E-state index in [2.05, 4.69) is 4.74 Å². The summed E-state index contributed by atoms with van der Waals surface area (Å²) in [6.45, 7) is 4.38. The molecule has 0 amide bonds. The maximum absolute atomic E-state index is 12.9. The van der Waals surface area contributed by atoms with Crippen LogP contribution in [0.1, 0.15) is 24.2 Å². The Hall–Kier alpha value is -2.54. The molecule has 2 aromatic carbocycles. The van der Waals surface area contributed by atoms with Crippen molar-refractivity contribution in [1.29, 1.82) is 0 Å². The number of rotatable bonds is 7. The molecule has 0 unspecified atom stereocenters. The first-order chi connectivity index (χ1) is 11.9. The molecular weight excluding hydrogens is 342 g/mol. The molecule has 0 aliphatic carbocycles. The fraction of sp³-hybridized carbons (Fsp3) is 0.278. The molecule has 134 valence electrons. The molecule has 2 rings (SSSR count). The van der Waals surface area contributed by atoms with Gasteiger partial charge in [0.1, 0.15) is 5.75 Å². The highest BCUT2D eigenvalue weighted by molar-refractivity contribution is 7.92. The third-order valence-corrected chi connectivity index (χ3v) is 5.50. The normalized spacial score (nSPS) is 11.0. The van der Waals surface area contributed by atoms with Crippen molar-refractivity contribution in [2.24, 2.45) is 0 Å². The van der Waals surface area contributed by atoms with Crippen LogP contribution in [-0.2, 0) is 14.8 Å². The maximum Gasteiger partial charge on any atom is 0.337 e. The van der Waals surface area contributed by atoms with Crippen LogP contribution in [0.4, 0.5) is 5.69 Å². The zero-order chi connectivity index (χ0) is 18.4. The van der Waals surface area contributed by atoms with E-state index in [0.29, 0.717) is 23.6 Å². The lowest BCUT2D eigenvalue weighted by Gasteiger charge is -2.23. The van der Waals surface area contributed by atoms with Crippen molar-refractivity contribution in [3.63, 3.8) is 0 Å². The van der Waals surface area contributed by atoms with Gasteiger partial charge in [0.25, 0.3) is 10.0 Å². The maximum atomic E-state index is 12.9. The molecule has 0 spiro atoms. The average Bonchev–Trinajstić information content (AvgIpc) is 2.63. The fourth-order valence-electron chi connectivity index (χ4n) is 2.37. The van der Waals surface area contributed by atoms with Gasteiger partial charge in [0.15, 0.2) is 0 Å². The monoisotopic (exact) mass is 363 g/mol. The van der Waals surface area contributed by atoms with Crippen LogP contribution in [0.3, 0.4) is 0 Å². The SMILES string of the molecule is CCOc1ccc(S(=O)(=O)N(CC)c2ccc(C(=O)OC)cc2)cc1. The second-order valence-corrected chi connectivity index (χ2v) is 6.97. The molecule has 0 aliphatic heterocycles. The summed E-state index contributed by atoms with van der Waals surface area (Å²) in [5.41, 5.74) is 0.838. The quantitative estimate of drug-likeness (QED) is 0.707. The van der Waals surface area contributed by atoms with E-state index in [9.17, 15) is 13.2 Å². The standard InChI is InChI=1S/C18H21NO5S/c1-4-19(15-8-6-14(7-9-15)18(20)23-3)25(21,22)17-12-10-16(11-13-17)24-5-2/h6-13H,4-5H2,1-3H3. The van der Waals surface area contributed by atoms with Crippen LogP contribution in [0.2, 0.25) is 0 Å². The zero-order valence-electron chi connectivity index (χ0n) is 14.4. The molecule has 0 atom stereocenters. The zero-order valence-corrected chi connectivity index (χ0v) is 15.2. The van der Waals surface area contributed by atoms with Crippen LogP contribution in [0, 0.1) is 0 Å². The molecule has 0 fully saturated rings. The van der Waals surface area contributed by atoms with Gasteiger partial charge in [-0.25, -0.2) is 13.2 Å². The summed E-state index contributed by atoms with van der Waals surface area (Å²) >= 11 is 0. The van der Waals surface area contributed by atoms with E-state index in [1.807, 2.05) is 6.92 Å². The molecule has 25 heavy (non-hydrogen) atoms. The van der Waals surface area contributed by atoms with Gasteiger partial charge in [0, 0.05) is 6.54 Å². The van der Waals surface area contributed by atoms with Gasteiger partial charge in [-0.3, -0.25) is 4.31 Å². The third kappa shape index (κ3) is 4.11. The predicted molar refractivity (Wildman–Crippen MR) is 95.6 cm³/mol. The molecule has 0 saturated heterocycles. The van der Waals surface area contributed by atoms with E-state index >= 15 is 0 Å². The number of hydrogen-bond acceptors (Lipinski definition) is 5. The Labute approximate surface area is 148 Å². The number of carbonyl (C=O) groups is 1. The van der Waals surface area contributed by atoms with E-state index in [-0.39, 0.29) is 11.4 Å². The van der Waals surface area contributed by atoms with Crippen LogP contribution in [-0.4, -0.2) is 34.6 Å². The lowest BCUT2D eigenvalue weighted by Crippen LogP contribution is -2.30. The number of hydrogen-bond donors (Lipinski definition) is 0. The lowest BCUT2D eigenvalue weighted by molar-refractivity contribution is 0.0600. The first-order valence-corrected chi connectivity index (χ1v) is 9.32. The lowest BCUT2D eigenvalue weighted by atomic mass is 10.2. The van der Waals surface area contributed by atoms with E-state index in [4.69, 9.17) is 4.74 Å². The highest BCUT2D eigenvalue weighted by Gasteiger charge is 2.23. The number of benzene rings is 2. The molecule has 2 aromatic rings. The summed E-state index contributed by atoms with van der Waals surface area (Å²) in [4.78, 5) is 11.7. The molecular formula is C18H21NO5S. The second-order valence-electron chi connectivity index (χ2n) is 5.11. The summed E-state index contributed by atoms with van der Waals surface area (Å²) in [6, 6.07) is 12.5. The molecule has 0 radical (unpaired) electrons. The van der Waals surface area contributed by atoms with Gasteiger partial charge in [-0.1, -0.05) is 0 Å². The predicted octanol–water partition coefficient (Wildman–Crippen LogP) is 3.09. The van der Waals surface area contributed by atoms with Crippen molar-refractivity contribution < 1.29 is 22.7 Å². The molecule has 0 aliphatic rings. The number of ether oxygens (including phenoxy) is 2. The number of sulfonamides is 1. The Morgan fingerprint density at radius 1 is 1.00 bits per heavy atom.